The molecule has 2 aliphatic heterocycles. The van der Waals surface area contributed by atoms with Gasteiger partial charge >= 0.3 is 0 Å². The molecule has 1 fully saturated rings. The van der Waals surface area contributed by atoms with Gasteiger partial charge in [-0.1, -0.05) is 11.6 Å². The first-order valence-corrected chi connectivity index (χ1v) is 10.1. The summed E-state index contributed by atoms with van der Waals surface area (Å²) in [6, 6.07) is -0.276. The van der Waals surface area contributed by atoms with Crippen LogP contribution >= 0.6 is 11.6 Å². The van der Waals surface area contributed by atoms with Crippen LogP contribution in [0.5, 0.6) is 5.75 Å². The summed E-state index contributed by atoms with van der Waals surface area (Å²) >= 11 is 6.35. The van der Waals surface area contributed by atoms with Gasteiger partial charge in [0.25, 0.3) is 0 Å². The summed E-state index contributed by atoms with van der Waals surface area (Å²) in [5.74, 6) is 1.31. The van der Waals surface area contributed by atoms with E-state index < -0.39 is 0 Å². The van der Waals surface area contributed by atoms with Gasteiger partial charge in [-0.2, -0.15) is 4.98 Å². The van der Waals surface area contributed by atoms with Gasteiger partial charge in [-0.25, -0.2) is 4.98 Å². The van der Waals surface area contributed by atoms with Crippen molar-refractivity contribution in [3.63, 3.8) is 0 Å². The number of likely N-dealkylation sites (tertiary alicyclic amines) is 1. The molecule has 4 heterocycles. The van der Waals surface area contributed by atoms with Crippen LogP contribution in [0.15, 0.2) is 6.20 Å². The van der Waals surface area contributed by atoms with Gasteiger partial charge in [0.2, 0.25) is 5.95 Å². The zero-order valence-corrected chi connectivity index (χ0v) is 17.7. The maximum Gasteiger partial charge on any atom is 0.223 e. The summed E-state index contributed by atoms with van der Waals surface area (Å²) in [4.78, 5) is 30.5. The third kappa shape index (κ3) is 3.51. The van der Waals surface area contributed by atoms with Crippen LogP contribution < -0.4 is 15.4 Å². The van der Waals surface area contributed by atoms with Crippen LogP contribution in [-0.4, -0.2) is 58.4 Å². The number of hydrogen-bond donors (Lipinski definition) is 1. The first kappa shape index (κ1) is 19.8. The van der Waals surface area contributed by atoms with Crippen LogP contribution in [0, 0.1) is 13.8 Å². The maximum absolute atomic E-state index is 13.2. The molecule has 0 bridgehead atoms. The van der Waals surface area contributed by atoms with Crippen LogP contribution in [0.3, 0.4) is 0 Å². The Morgan fingerprint density at radius 3 is 2.69 bits per heavy atom. The highest BCUT2D eigenvalue weighted by Crippen LogP contribution is 2.35. The third-order valence-corrected chi connectivity index (χ3v) is 6.05. The van der Waals surface area contributed by atoms with E-state index in [0.29, 0.717) is 24.5 Å². The minimum absolute atomic E-state index is 0.0330. The number of nitrogens with two attached hydrogens (primary N) is 1. The number of rotatable bonds is 4. The topological polar surface area (TPSA) is 97.5 Å². The number of aromatic nitrogens is 3. The molecule has 29 heavy (non-hydrogen) atoms. The van der Waals surface area contributed by atoms with E-state index in [-0.39, 0.29) is 22.9 Å². The standard InChI is InChI=1S/C20H25ClN6O2/c1-11-8-23-13(12(2)17(11)29-3)9-27-10-14(26-6-4-5-7-26)16(28)15-18(21)24-20(22)25-19(15)27/h8,14H,4-7,9-10H2,1-3H3,(H2,22,24,25). The van der Waals surface area contributed by atoms with Crippen LogP contribution in [0.25, 0.3) is 0 Å². The fourth-order valence-electron chi connectivity index (χ4n) is 4.31. The van der Waals surface area contributed by atoms with E-state index in [1.807, 2.05) is 18.7 Å². The fourth-order valence-corrected chi connectivity index (χ4v) is 4.57. The number of ether oxygens (including phenoxy) is 1. The predicted molar refractivity (Wildman–Crippen MR) is 112 cm³/mol. The first-order chi connectivity index (χ1) is 13.9. The van der Waals surface area contributed by atoms with E-state index in [1.165, 1.54) is 0 Å². The average Bonchev–Trinajstić information content (AvgIpc) is 3.20. The first-order valence-electron chi connectivity index (χ1n) is 9.76. The molecular weight excluding hydrogens is 392 g/mol. The number of carbonyl (C=O) groups is 1. The van der Waals surface area contributed by atoms with Crippen LogP contribution in [0.1, 0.15) is 40.0 Å². The number of carbonyl (C=O) groups excluding carboxylic acids is 1. The summed E-state index contributed by atoms with van der Waals surface area (Å²) in [7, 11) is 1.66. The molecular formula is C20H25ClN6O2. The summed E-state index contributed by atoms with van der Waals surface area (Å²) in [6.07, 6.45) is 3.99. The quantitative estimate of drug-likeness (QED) is 0.759. The van der Waals surface area contributed by atoms with Gasteiger partial charge in [-0.3, -0.25) is 14.7 Å². The molecule has 154 valence electrons. The molecule has 9 heteroatoms. The number of nitrogen functional groups attached to an aromatic ring is 1. The normalized spacial score (nSPS) is 19.5. The highest BCUT2D eigenvalue weighted by molar-refractivity contribution is 6.34. The summed E-state index contributed by atoms with van der Waals surface area (Å²) in [5.41, 5.74) is 9.00. The molecule has 0 spiro atoms. The second kappa shape index (κ2) is 7.76. The largest absolute Gasteiger partial charge is 0.496 e. The number of fused-ring (bicyclic) bond motifs is 1. The lowest BCUT2D eigenvalue weighted by Gasteiger charge is -2.38. The molecule has 8 nitrogen and oxygen atoms in total. The molecule has 2 N–H and O–H groups in total. The Morgan fingerprint density at radius 1 is 1.28 bits per heavy atom. The Bertz CT molecular complexity index is 960. The molecule has 0 amide bonds. The number of halogens is 1. The third-order valence-electron chi connectivity index (χ3n) is 5.78. The molecule has 1 unspecified atom stereocenters. The minimum atomic E-state index is -0.276. The van der Waals surface area contributed by atoms with Crippen LogP contribution in [-0.2, 0) is 6.54 Å². The van der Waals surface area contributed by atoms with Crippen molar-refractivity contribution in [2.24, 2.45) is 0 Å². The molecule has 1 saturated heterocycles. The number of pyridine rings is 1. The summed E-state index contributed by atoms with van der Waals surface area (Å²) in [5, 5.41) is 0.109. The zero-order valence-electron chi connectivity index (χ0n) is 16.9. The number of hydrogen-bond acceptors (Lipinski definition) is 8. The molecule has 1 atom stereocenters. The van der Waals surface area contributed by atoms with Crippen molar-refractivity contribution in [2.75, 3.05) is 37.4 Å². The van der Waals surface area contributed by atoms with E-state index in [2.05, 4.69) is 19.9 Å². The van der Waals surface area contributed by atoms with Crippen molar-refractivity contribution in [1.29, 1.82) is 0 Å². The van der Waals surface area contributed by atoms with Gasteiger partial charge in [-0.15, -0.1) is 0 Å². The van der Waals surface area contributed by atoms with E-state index in [9.17, 15) is 4.79 Å². The Hall–Kier alpha value is -2.45. The van der Waals surface area contributed by atoms with Crippen molar-refractivity contribution in [3.8, 4) is 5.75 Å². The molecule has 2 aromatic heterocycles. The SMILES string of the molecule is COc1c(C)cnc(CN2CC(N3CCCC3)C(=O)c3c(Cl)nc(N)nc32)c1C. The zero-order chi connectivity index (χ0) is 20.7. The molecule has 4 rings (SSSR count). The molecule has 0 aromatic carbocycles. The van der Waals surface area contributed by atoms with Crippen LogP contribution in [0.2, 0.25) is 5.15 Å². The van der Waals surface area contributed by atoms with Gasteiger partial charge in [0.1, 0.15) is 16.7 Å². The maximum atomic E-state index is 13.2. The fraction of sp³-hybridized carbons (Fsp3) is 0.500. The van der Waals surface area contributed by atoms with Crippen molar-refractivity contribution in [3.05, 3.63) is 33.7 Å². The van der Waals surface area contributed by atoms with Crippen molar-refractivity contribution in [1.82, 2.24) is 19.9 Å². The van der Waals surface area contributed by atoms with Crippen molar-refractivity contribution in [2.45, 2.75) is 39.3 Å². The second-order valence-electron chi connectivity index (χ2n) is 7.62. The Balaban J connectivity index is 1.76. The minimum Gasteiger partial charge on any atom is -0.496 e. The lowest BCUT2D eigenvalue weighted by atomic mass is 9.98. The van der Waals surface area contributed by atoms with Gasteiger partial charge < -0.3 is 15.4 Å². The Labute approximate surface area is 175 Å². The number of methoxy groups -OCH3 is 1. The van der Waals surface area contributed by atoms with Gasteiger partial charge in [0, 0.05) is 23.9 Å². The highest BCUT2D eigenvalue weighted by Gasteiger charge is 2.40. The number of nitrogens with zero attached hydrogens (tertiary/aromatic N) is 5. The van der Waals surface area contributed by atoms with E-state index in [1.54, 1.807) is 13.3 Å². The monoisotopic (exact) mass is 416 g/mol. The molecule has 0 aliphatic carbocycles. The summed E-state index contributed by atoms with van der Waals surface area (Å²) < 4.78 is 5.55. The number of ketones is 1. The van der Waals surface area contributed by atoms with E-state index in [0.717, 1.165) is 48.5 Å². The second-order valence-corrected chi connectivity index (χ2v) is 7.98. The number of aryl methyl sites for hydroxylation is 1. The van der Waals surface area contributed by atoms with Crippen molar-refractivity contribution >= 4 is 29.2 Å². The lowest BCUT2D eigenvalue weighted by molar-refractivity contribution is 0.0843. The van der Waals surface area contributed by atoms with Gasteiger partial charge in [-0.05, 0) is 39.8 Å². The van der Waals surface area contributed by atoms with Crippen molar-refractivity contribution < 1.29 is 9.53 Å². The molecule has 2 aromatic rings. The smallest absolute Gasteiger partial charge is 0.223 e. The van der Waals surface area contributed by atoms with Gasteiger partial charge in [0.05, 0.1) is 31.0 Å². The van der Waals surface area contributed by atoms with E-state index in [4.69, 9.17) is 22.1 Å². The average molecular weight is 417 g/mol. The highest BCUT2D eigenvalue weighted by atomic mass is 35.5. The molecule has 2 aliphatic rings. The molecule has 0 saturated carbocycles. The lowest BCUT2D eigenvalue weighted by Crippen LogP contribution is -2.51. The number of Topliss-reactive ketones (excluding diaryl/α,β-unsaturated/α-hetero) is 1. The predicted octanol–water partition coefficient (Wildman–Crippen LogP) is 2.40. The van der Waals surface area contributed by atoms with E-state index >= 15 is 0 Å². The Kier molecular flexibility index (Phi) is 5.31. The van der Waals surface area contributed by atoms with Crippen LogP contribution in [0.4, 0.5) is 11.8 Å². The van der Waals surface area contributed by atoms with Gasteiger partial charge in [0.15, 0.2) is 5.78 Å². The number of anilines is 2. The summed E-state index contributed by atoms with van der Waals surface area (Å²) in [6.45, 7) is 6.75. The Morgan fingerprint density at radius 2 is 2.00 bits per heavy atom. The molecule has 0 radical (unpaired) electrons.